The van der Waals surface area contributed by atoms with Gasteiger partial charge in [0.15, 0.2) is 6.23 Å². The number of H-pyrrole nitrogens is 1. The Kier molecular flexibility index (Phi) is 7.15. The maximum absolute atomic E-state index is 12.9. The molecule has 0 spiro atoms. The molecule has 11 nitrogen and oxygen atoms in total. The van der Waals surface area contributed by atoms with Crippen molar-refractivity contribution in [1.82, 2.24) is 9.55 Å². The summed E-state index contributed by atoms with van der Waals surface area (Å²) in [5.41, 5.74) is -1.26. The van der Waals surface area contributed by atoms with Crippen LogP contribution in [0.2, 0.25) is 0 Å². The molecular weight excluding hydrogens is 455 g/mol. The Hall–Kier alpha value is -1.49. The number of aromatic nitrogens is 2. The Morgan fingerprint density at radius 1 is 1.42 bits per heavy atom. The van der Waals surface area contributed by atoms with Gasteiger partial charge in [0.05, 0.1) is 25.2 Å². The van der Waals surface area contributed by atoms with Crippen LogP contribution in [0.1, 0.15) is 40.3 Å². The van der Waals surface area contributed by atoms with E-state index in [9.17, 15) is 18.9 Å². The van der Waals surface area contributed by atoms with Crippen molar-refractivity contribution in [2.45, 2.75) is 63.5 Å². The number of nitrogens with zero attached hydrogens (tertiary/aromatic N) is 1. The molecule has 0 aromatic carbocycles. The SMILES string of the molecule is CC(C)OC(=O)C(C)CCOP1(=O)OC[C@H]2O[C@@H](n3ccc(=O)[nH]c3=O)[C@](C)(Cl)[C@@H]2O1. The number of rotatable bonds is 7. The molecule has 6 atom stereocenters. The smallest absolute Gasteiger partial charge is 0.463 e. The quantitative estimate of drug-likeness (QED) is 0.353. The molecule has 174 valence electrons. The fraction of sp³-hybridized carbons (Fsp3) is 0.722. The Balaban J connectivity index is 1.65. The minimum Gasteiger partial charge on any atom is -0.463 e. The van der Waals surface area contributed by atoms with Gasteiger partial charge in [-0.05, 0) is 27.2 Å². The molecule has 13 heteroatoms. The number of hydrogen-bond donors (Lipinski definition) is 1. The number of phosphoric ester groups is 1. The Labute approximate surface area is 183 Å². The van der Waals surface area contributed by atoms with Gasteiger partial charge in [0.25, 0.3) is 5.56 Å². The minimum atomic E-state index is -3.98. The van der Waals surface area contributed by atoms with Crippen molar-refractivity contribution in [1.29, 1.82) is 0 Å². The van der Waals surface area contributed by atoms with Gasteiger partial charge in [-0.1, -0.05) is 6.92 Å². The van der Waals surface area contributed by atoms with Crippen LogP contribution in [-0.4, -0.2) is 51.9 Å². The molecule has 1 aromatic rings. The standard InChI is InChI=1S/C18H26ClN2O9P/c1-10(2)28-15(23)11(3)6-8-26-31(25)27-9-12-14(30-31)18(4,19)16(29-12)21-7-5-13(22)20-17(21)24/h5,7,10-12,14,16H,6,8-9H2,1-4H3,(H,20,22,24)/t11?,12-,14-,16-,18-,31?/m1/s1. The lowest BCUT2D eigenvalue weighted by atomic mass is 10.0. The lowest BCUT2D eigenvalue weighted by Gasteiger charge is -2.34. The molecular formula is C18H26ClN2O9P. The first kappa shape index (κ1) is 24.2. The number of aromatic amines is 1. The van der Waals surface area contributed by atoms with Crippen molar-refractivity contribution >= 4 is 25.4 Å². The summed E-state index contributed by atoms with van der Waals surface area (Å²) < 4.78 is 41.2. The van der Waals surface area contributed by atoms with E-state index in [4.69, 9.17) is 34.6 Å². The van der Waals surface area contributed by atoms with E-state index in [-0.39, 0.29) is 31.7 Å². The average Bonchev–Trinajstić information content (AvgIpc) is 2.91. The van der Waals surface area contributed by atoms with E-state index in [0.29, 0.717) is 0 Å². The first-order valence-electron chi connectivity index (χ1n) is 9.87. The summed E-state index contributed by atoms with van der Waals surface area (Å²) in [4.78, 5) is 36.2. The van der Waals surface area contributed by atoms with E-state index in [1.165, 1.54) is 6.20 Å². The van der Waals surface area contributed by atoms with Gasteiger partial charge < -0.3 is 9.47 Å². The molecule has 2 aliphatic heterocycles. The van der Waals surface area contributed by atoms with E-state index < -0.39 is 48.3 Å². The van der Waals surface area contributed by atoms with Crippen LogP contribution in [0.5, 0.6) is 0 Å². The summed E-state index contributed by atoms with van der Waals surface area (Å²) in [5.74, 6) is -0.842. The van der Waals surface area contributed by atoms with Crippen LogP contribution >= 0.6 is 19.4 Å². The van der Waals surface area contributed by atoms with Crippen molar-refractivity contribution in [3.05, 3.63) is 33.1 Å². The van der Waals surface area contributed by atoms with E-state index in [1.807, 2.05) is 0 Å². The lowest BCUT2D eigenvalue weighted by molar-refractivity contribution is -0.152. The normalized spacial score (nSPS) is 33.8. The summed E-state index contributed by atoms with van der Waals surface area (Å²) >= 11 is 6.66. The number of halogens is 1. The third-order valence-electron chi connectivity index (χ3n) is 4.98. The second-order valence-electron chi connectivity index (χ2n) is 7.97. The van der Waals surface area contributed by atoms with E-state index in [2.05, 4.69) is 4.98 Å². The monoisotopic (exact) mass is 480 g/mol. The third-order valence-corrected chi connectivity index (χ3v) is 6.83. The highest BCUT2D eigenvalue weighted by Gasteiger charge is 2.60. The molecule has 31 heavy (non-hydrogen) atoms. The van der Waals surface area contributed by atoms with Gasteiger partial charge in [0.1, 0.15) is 17.1 Å². The third kappa shape index (κ3) is 5.30. The highest BCUT2D eigenvalue weighted by molar-refractivity contribution is 7.48. The van der Waals surface area contributed by atoms with Gasteiger partial charge in [-0.3, -0.25) is 32.7 Å². The molecule has 0 aliphatic carbocycles. The van der Waals surface area contributed by atoms with Gasteiger partial charge in [-0.2, -0.15) is 0 Å². The number of fused-ring (bicyclic) bond motifs is 1. The number of phosphoric acid groups is 1. The van der Waals surface area contributed by atoms with Gasteiger partial charge in [0, 0.05) is 12.3 Å². The Morgan fingerprint density at radius 3 is 2.77 bits per heavy atom. The molecule has 2 saturated heterocycles. The predicted molar refractivity (Wildman–Crippen MR) is 109 cm³/mol. The van der Waals surface area contributed by atoms with E-state index in [1.54, 1.807) is 27.7 Å². The van der Waals surface area contributed by atoms with Crippen molar-refractivity contribution in [2.75, 3.05) is 13.2 Å². The molecule has 1 aromatic heterocycles. The maximum atomic E-state index is 12.9. The number of carbonyl (C=O) groups excluding carboxylic acids is 1. The van der Waals surface area contributed by atoms with Crippen LogP contribution in [0.25, 0.3) is 0 Å². The van der Waals surface area contributed by atoms with Crippen LogP contribution in [0.3, 0.4) is 0 Å². The lowest BCUT2D eigenvalue weighted by Crippen LogP contribution is -2.45. The van der Waals surface area contributed by atoms with Crippen molar-refractivity contribution < 1.29 is 32.4 Å². The molecule has 2 unspecified atom stereocenters. The second kappa shape index (κ2) is 9.17. The molecule has 0 bridgehead atoms. The number of esters is 1. The molecule has 0 amide bonds. The zero-order valence-electron chi connectivity index (χ0n) is 17.6. The fourth-order valence-electron chi connectivity index (χ4n) is 3.33. The summed E-state index contributed by atoms with van der Waals surface area (Å²) in [5, 5.41) is 0. The highest BCUT2D eigenvalue weighted by atomic mass is 35.5. The first-order chi connectivity index (χ1) is 14.4. The average molecular weight is 481 g/mol. The zero-order valence-corrected chi connectivity index (χ0v) is 19.3. The minimum absolute atomic E-state index is 0.0638. The molecule has 3 heterocycles. The Bertz CT molecular complexity index is 975. The molecule has 1 N–H and O–H groups in total. The highest BCUT2D eigenvalue weighted by Crippen LogP contribution is 2.60. The molecule has 0 saturated carbocycles. The maximum Gasteiger partial charge on any atom is 0.475 e. The number of alkyl halides is 1. The fourth-order valence-corrected chi connectivity index (χ4v) is 5.22. The number of carbonyl (C=O) groups is 1. The molecule has 2 aliphatic rings. The largest absolute Gasteiger partial charge is 0.475 e. The molecule has 3 rings (SSSR count). The van der Waals surface area contributed by atoms with Crippen molar-refractivity contribution in [3.8, 4) is 0 Å². The first-order valence-corrected chi connectivity index (χ1v) is 11.7. The Morgan fingerprint density at radius 2 is 2.13 bits per heavy atom. The number of ether oxygens (including phenoxy) is 2. The van der Waals surface area contributed by atoms with Crippen LogP contribution < -0.4 is 11.2 Å². The van der Waals surface area contributed by atoms with Crippen LogP contribution in [0.15, 0.2) is 21.9 Å². The summed E-state index contributed by atoms with van der Waals surface area (Å²) in [6.45, 7) is 6.55. The molecule has 2 fully saturated rings. The summed E-state index contributed by atoms with van der Waals surface area (Å²) in [7, 11) is -3.98. The number of nitrogens with one attached hydrogen (secondary N) is 1. The zero-order chi connectivity index (χ0) is 23.0. The van der Waals surface area contributed by atoms with Crippen LogP contribution in [0, 0.1) is 5.92 Å². The van der Waals surface area contributed by atoms with Gasteiger partial charge >= 0.3 is 19.5 Å². The van der Waals surface area contributed by atoms with E-state index in [0.717, 1.165) is 10.6 Å². The van der Waals surface area contributed by atoms with Crippen LogP contribution in [0.4, 0.5) is 0 Å². The van der Waals surface area contributed by atoms with Crippen LogP contribution in [-0.2, 0) is 32.4 Å². The van der Waals surface area contributed by atoms with E-state index >= 15 is 0 Å². The topological polar surface area (TPSA) is 135 Å². The predicted octanol–water partition coefficient (Wildman–Crippen LogP) is 1.95. The van der Waals surface area contributed by atoms with Crippen molar-refractivity contribution in [2.24, 2.45) is 5.92 Å². The second-order valence-corrected chi connectivity index (χ2v) is 10.4. The summed E-state index contributed by atoms with van der Waals surface area (Å²) in [6, 6.07) is 1.16. The van der Waals surface area contributed by atoms with Gasteiger partial charge in [0.2, 0.25) is 0 Å². The summed E-state index contributed by atoms with van der Waals surface area (Å²) in [6.07, 6.45) is -1.35. The molecule has 0 radical (unpaired) electrons. The van der Waals surface area contributed by atoms with Gasteiger partial charge in [-0.25, -0.2) is 9.36 Å². The van der Waals surface area contributed by atoms with Gasteiger partial charge in [-0.15, -0.1) is 11.6 Å². The van der Waals surface area contributed by atoms with Crippen molar-refractivity contribution in [3.63, 3.8) is 0 Å². The number of hydrogen-bond acceptors (Lipinski definition) is 9.